The number of ether oxygens (including phenoxy) is 2. The predicted octanol–water partition coefficient (Wildman–Crippen LogP) is 1.63. The van der Waals surface area contributed by atoms with Gasteiger partial charge in [0.2, 0.25) is 0 Å². The Hall–Kier alpha value is -2.87. The van der Waals surface area contributed by atoms with E-state index in [1.54, 1.807) is 36.2 Å². The summed E-state index contributed by atoms with van der Waals surface area (Å²) in [4.78, 5) is 23.8. The molecule has 1 aliphatic rings. The molecule has 0 unspecified atom stereocenters. The molecule has 3 rings (SSSR count). The van der Waals surface area contributed by atoms with Gasteiger partial charge in [0.25, 0.3) is 5.91 Å². The minimum atomic E-state index is -0.948. The van der Waals surface area contributed by atoms with E-state index < -0.39 is 11.5 Å². The zero-order valence-corrected chi connectivity index (χ0v) is 14.5. The van der Waals surface area contributed by atoms with Crippen LogP contribution >= 0.6 is 0 Å². The molecule has 8 nitrogen and oxygen atoms in total. The first kappa shape index (κ1) is 17.9. The smallest absolute Gasteiger partial charge is 0.305 e. The van der Waals surface area contributed by atoms with Gasteiger partial charge in [-0.3, -0.25) is 9.59 Å². The Kier molecular flexibility index (Phi) is 5.22. The third kappa shape index (κ3) is 4.02. The average Bonchev–Trinajstić information content (AvgIpc) is 3.12. The number of aliphatic carboxylic acids is 1. The van der Waals surface area contributed by atoms with Crippen molar-refractivity contribution in [3.05, 3.63) is 42.2 Å². The SMILES string of the molecule is COc1ccc(-n2ccc(C(=O)NC3(CC(=O)O)CCOCC3)n2)cc1. The lowest BCUT2D eigenvalue weighted by atomic mass is 9.86. The molecular weight excluding hydrogens is 338 g/mol. The van der Waals surface area contributed by atoms with Crippen LogP contribution in [0, 0.1) is 0 Å². The third-order valence-corrected chi connectivity index (χ3v) is 4.48. The summed E-state index contributed by atoms with van der Waals surface area (Å²) in [7, 11) is 1.59. The summed E-state index contributed by atoms with van der Waals surface area (Å²) >= 11 is 0. The number of carbonyl (C=O) groups is 2. The van der Waals surface area contributed by atoms with Crippen molar-refractivity contribution in [2.45, 2.75) is 24.8 Å². The van der Waals surface area contributed by atoms with Crippen molar-refractivity contribution in [1.29, 1.82) is 0 Å². The monoisotopic (exact) mass is 359 g/mol. The molecule has 0 saturated carbocycles. The zero-order valence-electron chi connectivity index (χ0n) is 14.5. The summed E-state index contributed by atoms with van der Waals surface area (Å²) in [6.45, 7) is 0.849. The number of aromatic nitrogens is 2. The van der Waals surface area contributed by atoms with Crippen molar-refractivity contribution < 1.29 is 24.2 Å². The molecular formula is C18H21N3O5. The topological polar surface area (TPSA) is 103 Å². The minimum Gasteiger partial charge on any atom is -0.497 e. The van der Waals surface area contributed by atoms with Crippen LogP contribution in [0.4, 0.5) is 0 Å². The Morgan fingerprint density at radius 3 is 2.58 bits per heavy atom. The van der Waals surface area contributed by atoms with E-state index in [0.717, 1.165) is 11.4 Å². The van der Waals surface area contributed by atoms with Crippen molar-refractivity contribution in [3.63, 3.8) is 0 Å². The Labute approximate surface area is 150 Å². The van der Waals surface area contributed by atoms with Crippen LogP contribution < -0.4 is 10.1 Å². The van der Waals surface area contributed by atoms with E-state index in [2.05, 4.69) is 10.4 Å². The summed E-state index contributed by atoms with van der Waals surface area (Å²) in [6.07, 6.45) is 2.47. The number of nitrogens with one attached hydrogen (secondary N) is 1. The Morgan fingerprint density at radius 1 is 1.27 bits per heavy atom. The van der Waals surface area contributed by atoms with E-state index in [1.807, 2.05) is 12.1 Å². The van der Waals surface area contributed by atoms with Crippen molar-refractivity contribution in [1.82, 2.24) is 15.1 Å². The lowest BCUT2D eigenvalue weighted by molar-refractivity contribution is -0.139. The molecule has 0 aliphatic carbocycles. The molecule has 1 aromatic heterocycles. The van der Waals surface area contributed by atoms with Gasteiger partial charge in [-0.25, -0.2) is 4.68 Å². The molecule has 1 aromatic carbocycles. The summed E-state index contributed by atoms with van der Waals surface area (Å²) in [5.74, 6) is -0.606. The standard InChI is InChI=1S/C18H21N3O5/c1-25-14-4-2-13(3-5-14)21-9-6-15(20-21)17(24)19-18(12-16(22)23)7-10-26-11-8-18/h2-6,9H,7-8,10-12H2,1H3,(H,19,24)(H,22,23). The lowest BCUT2D eigenvalue weighted by Gasteiger charge is -2.36. The van der Waals surface area contributed by atoms with Crippen LogP contribution in [0.5, 0.6) is 5.75 Å². The molecule has 0 spiro atoms. The third-order valence-electron chi connectivity index (χ3n) is 4.48. The highest BCUT2D eigenvalue weighted by molar-refractivity contribution is 5.93. The van der Waals surface area contributed by atoms with Gasteiger partial charge in [-0.2, -0.15) is 5.10 Å². The molecule has 1 aliphatic heterocycles. The first-order valence-electron chi connectivity index (χ1n) is 8.33. The number of hydrogen-bond acceptors (Lipinski definition) is 5. The summed E-state index contributed by atoms with van der Waals surface area (Å²) < 4.78 is 12.0. The molecule has 2 aromatic rings. The first-order chi connectivity index (χ1) is 12.5. The van der Waals surface area contributed by atoms with Gasteiger partial charge in [0, 0.05) is 19.4 Å². The van der Waals surface area contributed by atoms with Crippen LogP contribution in [0.3, 0.4) is 0 Å². The maximum Gasteiger partial charge on any atom is 0.305 e. The van der Waals surface area contributed by atoms with E-state index in [-0.39, 0.29) is 18.0 Å². The van der Waals surface area contributed by atoms with Crippen molar-refractivity contribution in [3.8, 4) is 11.4 Å². The molecule has 2 heterocycles. The number of rotatable bonds is 6. The highest BCUT2D eigenvalue weighted by Gasteiger charge is 2.37. The second-order valence-corrected chi connectivity index (χ2v) is 6.26. The van der Waals surface area contributed by atoms with E-state index in [0.29, 0.717) is 26.1 Å². The molecule has 1 amide bonds. The fourth-order valence-corrected chi connectivity index (χ4v) is 3.03. The second kappa shape index (κ2) is 7.57. The van der Waals surface area contributed by atoms with Gasteiger partial charge in [-0.15, -0.1) is 0 Å². The van der Waals surface area contributed by atoms with Crippen molar-refractivity contribution >= 4 is 11.9 Å². The van der Waals surface area contributed by atoms with Crippen LogP contribution in [0.25, 0.3) is 5.69 Å². The number of hydrogen-bond donors (Lipinski definition) is 2. The van der Waals surface area contributed by atoms with E-state index in [4.69, 9.17) is 9.47 Å². The normalized spacial score (nSPS) is 16.0. The molecule has 0 bridgehead atoms. The number of carboxylic acids is 1. The molecule has 26 heavy (non-hydrogen) atoms. The Morgan fingerprint density at radius 2 is 1.96 bits per heavy atom. The number of methoxy groups -OCH3 is 1. The zero-order chi connectivity index (χ0) is 18.6. The van der Waals surface area contributed by atoms with Gasteiger partial charge in [0.15, 0.2) is 5.69 Å². The number of carbonyl (C=O) groups excluding carboxylic acids is 1. The maximum absolute atomic E-state index is 12.6. The van der Waals surface area contributed by atoms with Gasteiger partial charge in [-0.1, -0.05) is 0 Å². The van der Waals surface area contributed by atoms with Crippen LogP contribution in [0.2, 0.25) is 0 Å². The molecule has 2 N–H and O–H groups in total. The largest absolute Gasteiger partial charge is 0.497 e. The van der Waals surface area contributed by atoms with Crippen LogP contribution in [0.1, 0.15) is 29.8 Å². The molecule has 1 saturated heterocycles. The Balaban J connectivity index is 1.75. The maximum atomic E-state index is 12.6. The second-order valence-electron chi connectivity index (χ2n) is 6.26. The lowest BCUT2D eigenvalue weighted by Crippen LogP contribution is -2.53. The van der Waals surface area contributed by atoms with Gasteiger partial charge >= 0.3 is 5.97 Å². The number of carboxylic acid groups (broad SMARTS) is 1. The van der Waals surface area contributed by atoms with E-state index in [9.17, 15) is 14.7 Å². The molecule has 8 heteroatoms. The van der Waals surface area contributed by atoms with E-state index in [1.165, 1.54) is 0 Å². The first-order valence-corrected chi connectivity index (χ1v) is 8.33. The number of amides is 1. The quantitative estimate of drug-likeness (QED) is 0.813. The molecule has 0 atom stereocenters. The summed E-state index contributed by atoms with van der Waals surface area (Å²) in [5, 5.41) is 16.4. The predicted molar refractivity (Wildman–Crippen MR) is 92.6 cm³/mol. The highest BCUT2D eigenvalue weighted by atomic mass is 16.5. The van der Waals surface area contributed by atoms with Crippen LogP contribution in [-0.2, 0) is 9.53 Å². The summed E-state index contributed by atoms with van der Waals surface area (Å²) in [6, 6.07) is 8.88. The van der Waals surface area contributed by atoms with Crippen molar-refractivity contribution in [2.75, 3.05) is 20.3 Å². The van der Waals surface area contributed by atoms with Crippen molar-refractivity contribution in [2.24, 2.45) is 0 Å². The van der Waals surface area contributed by atoms with Crippen LogP contribution in [0.15, 0.2) is 36.5 Å². The van der Waals surface area contributed by atoms with Gasteiger partial charge < -0.3 is 19.9 Å². The van der Waals surface area contributed by atoms with Gasteiger partial charge in [-0.05, 0) is 43.2 Å². The number of benzene rings is 1. The molecule has 1 fully saturated rings. The van der Waals surface area contributed by atoms with Gasteiger partial charge in [0.1, 0.15) is 5.75 Å². The number of nitrogens with zero attached hydrogens (tertiary/aromatic N) is 2. The van der Waals surface area contributed by atoms with Gasteiger partial charge in [0.05, 0.1) is 24.8 Å². The average molecular weight is 359 g/mol. The Bertz CT molecular complexity index is 778. The minimum absolute atomic E-state index is 0.138. The fourth-order valence-electron chi connectivity index (χ4n) is 3.03. The summed E-state index contributed by atoms with van der Waals surface area (Å²) in [5.41, 5.74) is 0.221. The highest BCUT2D eigenvalue weighted by Crippen LogP contribution is 2.25. The van der Waals surface area contributed by atoms with Crippen LogP contribution in [-0.4, -0.2) is 52.6 Å². The fraction of sp³-hybridized carbons (Fsp3) is 0.389. The molecule has 138 valence electrons. The molecule has 0 radical (unpaired) electrons. The van der Waals surface area contributed by atoms with E-state index >= 15 is 0 Å².